The van der Waals surface area contributed by atoms with Crippen molar-refractivity contribution in [2.45, 2.75) is 0 Å². The van der Waals surface area contributed by atoms with E-state index in [1.165, 1.54) is 31.4 Å². The maximum Gasteiger partial charge on any atom is 0.343 e. The molecule has 0 heterocycles. The predicted molar refractivity (Wildman–Crippen MR) is 69.8 cm³/mol. The predicted octanol–water partition coefficient (Wildman–Crippen LogP) is 3.31. The van der Waals surface area contributed by atoms with Crippen LogP contribution >= 0.6 is 0 Å². The molecule has 0 fully saturated rings. The molecule has 0 bridgehead atoms. The second-order valence-electron chi connectivity index (χ2n) is 3.68. The van der Waals surface area contributed by atoms with Gasteiger partial charge >= 0.3 is 5.97 Å². The molecule has 0 radical (unpaired) electrons. The lowest BCUT2D eigenvalue weighted by atomic mass is 10.2. The molecule has 2 aromatic rings. The first kappa shape index (κ1) is 12.8. The zero-order valence-electron chi connectivity index (χ0n) is 10.2. The number of hydrogen-bond acceptors (Lipinski definition) is 5. The Labute approximate surface area is 109 Å². The largest absolute Gasteiger partial charge is 0.493 e. The Morgan fingerprint density at radius 3 is 2.21 bits per heavy atom. The van der Waals surface area contributed by atoms with Crippen molar-refractivity contribution in [3.63, 3.8) is 0 Å². The van der Waals surface area contributed by atoms with Crippen molar-refractivity contribution in [3.05, 3.63) is 59.0 Å². The van der Waals surface area contributed by atoms with Crippen molar-refractivity contribution in [2.24, 2.45) is 5.18 Å². The van der Waals surface area contributed by atoms with Crippen LogP contribution in [0.2, 0.25) is 0 Å². The molecule has 19 heavy (non-hydrogen) atoms. The molecule has 96 valence electrons. The third kappa shape index (κ3) is 2.95. The van der Waals surface area contributed by atoms with Crippen LogP contribution in [0.3, 0.4) is 0 Å². The molecule has 0 saturated carbocycles. The van der Waals surface area contributed by atoms with Gasteiger partial charge in [0, 0.05) is 0 Å². The second kappa shape index (κ2) is 5.77. The van der Waals surface area contributed by atoms with Crippen LogP contribution in [-0.4, -0.2) is 13.1 Å². The summed E-state index contributed by atoms with van der Waals surface area (Å²) in [5.41, 5.74) is 0.590. The van der Waals surface area contributed by atoms with Gasteiger partial charge in [-0.3, -0.25) is 0 Å². The Bertz CT molecular complexity index is 593. The van der Waals surface area contributed by atoms with Crippen LogP contribution in [0.25, 0.3) is 0 Å². The van der Waals surface area contributed by atoms with Gasteiger partial charge in [0.25, 0.3) is 0 Å². The summed E-state index contributed by atoms with van der Waals surface area (Å²) < 4.78 is 10.3. The molecule has 0 aliphatic heterocycles. The molecule has 5 heteroatoms. The van der Waals surface area contributed by atoms with E-state index in [0.717, 1.165) is 0 Å². The van der Waals surface area contributed by atoms with Crippen molar-refractivity contribution in [1.29, 1.82) is 0 Å². The molecule has 2 rings (SSSR count). The molecule has 0 amide bonds. The summed E-state index contributed by atoms with van der Waals surface area (Å²) in [4.78, 5) is 22.2. The minimum absolute atomic E-state index is 0.258. The average Bonchev–Trinajstić information content (AvgIpc) is 2.48. The molecule has 0 N–H and O–H groups in total. The lowest BCUT2D eigenvalue weighted by Crippen LogP contribution is -2.08. The molecule has 2 aromatic carbocycles. The standard InChI is InChI=1S/C14H11NO4/c1-18-12-4-2-3-5-13(12)19-14(16)10-6-8-11(15-17)9-7-10/h2-9H,1H3. The fourth-order valence-electron chi connectivity index (χ4n) is 1.52. The normalized spacial score (nSPS) is 9.74. The summed E-state index contributed by atoms with van der Waals surface area (Å²) in [5.74, 6) is 0.288. The van der Waals surface area contributed by atoms with Gasteiger partial charge in [-0.25, -0.2) is 4.79 Å². The van der Waals surface area contributed by atoms with Gasteiger partial charge in [-0.2, -0.15) is 0 Å². The Balaban J connectivity index is 2.18. The Morgan fingerprint density at radius 1 is 1.00 bits per heavy atom. The maximum atomic E-state index is 11.9. The fraction of sp³-hybridized carbons (Fsp3) is 0.0714. The highest BCUT2D eigenvalue weighted by Gasteiger charge is 2.11. The van der Waals surface area contributed by atoms with Crippen LogP contribution in [-0.2, 0) is 0 Å². The first-order chi connectivity index (χ1) is 9.24. The van der Waals surface area contributed by atoms with Gasteiger partial charge in [-0.05, 0) is 41.6 Å². The number of para-hydroxylation sites is 2. The lowest BCUT2D eigenvalue weighted by molar-refractivity contribution is 0.0730. The van der Waals surface area contributed by atoms with Gasteiger partial charge in [0.05, 0.1) is 12.7 Å². The monoisotopic (exact) mass is 257 g/mol. The van der Waals surface area contributed by atoms with E-state index in [2.05, 4.69) is 5.18 Å². The Hall–Kier alpha value is -2.69. The smallest absolute Gasteiger partial charge is 0.343 e. The van der Waals surface area contributed by atoms with Crippen LogP contribution in [0.5, 0.6) is 11.5 Å². The molecular formula is C14H11NO4. The summed E-state index contributed by atoms with van der Waals surface area (Å²) in [6.45, 7) is 0. The SMILES string of the molecule is COc1ccccc1OC(=O)c1ccc(N=O)cc1. The second-order valence-corrected chi connectivity index (χ2v) is 3.68. The molecular weight excluding hydrogens is 246 g/mol. The molecule has 5 nitrogen and oxygen atoms in total. The summed E-state index contributed by atoms with van der Waals surface area (Å²) in [7, 11) is 1.50. The van der Waals surface area contributed by atoms with E-state index in [9.17, 15) is 9.70 Å². The number of ether oxygens (including phenoxy) is 2. The first-order valence-electron chi connectivity index (χ1n) is 5.53. The van der Waals surface area contributed by atoms with Gasteiger partial charge in [0.1, 0.15) is 5.69 Å². The van der Waals surface area contributed by atoms with E-state index in [0.29, 0.717) is 17.1 Å². The van der Waals surface area contributed by atoms with Gasteiger partial charge in [-0.15, -0.1) is 4.91 Å². The van der Waals surface area contributed by atoms with Gasteiger partial charge in [-0.1, -0.05) is 12.1 Å². The molecule has 0 saturated heterocycles. The third-order valence-electron chi connectivity index (χ3n) is 2.48. The molecule has 0 aliphatic carbocycles. The van der Waals surface area contributed by atoms with Crippen LogP contribution in [0.1, 0.15) is 10.4 Å². The summed E-state index contributed by atoms with van der Waals surface area (Å²) in [6, 6.07) is 12.7. The van der Waals surface area contributed by atoms with Gasteiger partial charge in [0.15, 0.2) is 11.5 Å². The van der Waals surface area contributed by atoms with Crippen LogP contribution < -0.4 is 9.47 Å². The molecule has 0 unspecified atom stereocenters. The van der Waals surface area contributed by atoms with Crippen molar-refractivity contribution in [1.82, 2.24) is 0 Å². The van der Waals surface area contributed by atoms with Gasteiger partial charge in [0.2, 0.25) is 0 Å². The number of esters is 1. The number of rotatable bonds is 4. The van der Waals surface area contributed by atoms with Crippen molar-refractivity contribution < 1.29 is 14.3 Å². The zero-order chi connectivity index (χ0) is 13.7. The Kier molecular flexibility index (Phi) is 3.87. The summed E-state index contributed by atoms with van der Waals surface area (Å²) in [5, 5.41) is 2.76. The van der Waals surface area contributed by atoms with E-state index >= 15 is 0 Å². The number of nitrogens with zero attached hydrogens (tertiary/aromatic N) is 1. The topological polar surface area (TPSA) is 65.0 Å². The van der Waals surface area contributed by atoms with Crippen LogP contribution in [0.15, 0.2) is 53.7 Å². The maximum absolute atomic E-state index is 11.9. The average molecular weight is 257 g/mol. The van der Waals surface area contributed by atoms with Crippen LogP contribution in [0.4, 0.5) is 5.69 Å². The molecule has 0 aliphatic rings. The highest BCUT2D eigenvalue weighted by molar-refractivity contribution is 5.91. The third-order valence-corrected chi connectivity index (χ3v) is 2.48. The quantitative estimate of drug-likeness (QED) is 0.479. The number of benzene rings is 2. The number of carbonyl (C=O) groups excluding carboxylic acids is 1. The van der Waals surface area contributed by atoms with Crippen molar-refractivity contribution in [2.75, 3.05) is 7.11 Å². The number of methoxy groups -OCH3 is 1. The van der Waals surface area contributed by atoms with Crippen molar-refractivity contribution >= 4 is 11.7 Å². The molecule has 0 spiro atoms. The molecule has 0 aromatic heterocycles. The summed E-state index contributed by atoms with van der Waals surface area (Å²) >= 11 is 0. The summed E-state index contributed by atoms with van der Waals surface area (Å²) in [6.07, 6.45) is 0. The number of carbonyl (C=O) groups is 1. The van der Waals surface area contributed by atoms with Crippen LogP contribution in [0, 0.1) is 4.91 Å². The van der Waals surface area contributed by atoms with Crippen molar-refractivity contribution in [3.8, 4) is 11.5 Å². The number of nitroso groups, excluding NO2 is 1. The van der Waals surface area contributed by atoms with Gasteiger partial charge < -0.3 is 9.47 Å². The van der Waals surface area contributed by atoms with E-state index in [-0.39, 0.29) is 5.69 Å². The fourth-order valence-corrected chi connectivity index (χ4v) is 1.52. The molecule has 0 atom stereocenters. The highest BCUT2D eigenvalue weighted by atomic mass is 16.6. The lowest BCUT2D eigenvalue weighted by Gasteiger charge is -2.08. The minimum Gasteiger partial charge on any atom is -0.493 e. The van der Waals surface area contributed by atoms with E-state index in [1.807, 2.05) is 0 Å². The first-order valence-corrected chi connectivity index (χ1v) is 5.53. The van der Waals surface area contributed by atoms with E-state index in [4.69, 9.17) is 9.47 Å². The Morgan fingerprint density at radius 2 is 1.63 bits per heavy atom. The minimum atomic E-state index is -0.526. The zero-order valence-corrected chi connectivity index (χ0v) is 10.2. The van der Waals surface area contributed by atoms with E-state index in [1.54, 1.807) is 24.3 Å². The highest BCUT2D eigenvalue weighted by Crippen LogP contribution is 2.26. The van der Waals surface area contributed by atoms with E-state index < -0.39 is 5.97 Å². The number of hydrogen-bond donors (Lipinski definition) is 0.